The molecule has 1 aliphatic rings. The van der Waals surface area contributed by atoms with Crippen LogP contribution in [0.1, 0.15) is 18.1 Å². The normalized spacial score (nSPS) is 15.9. The Labute approximate surface area is 143 Å². The second-order valence-electron chi connectivity index (χ2n) is 6.13. The molecule has 0 spiro atoms. The number of carbonyl (C=O) groups is 2. The van der Waals surface area contributed by atoms with E-state index in [0.29, 0.717) is 39.2 Å². The number of aryl methyl sites for hydroxylation is 1. The van der Waals surface area contributed by atoms with E-state index in [1.807, 2.05) is 36.1 Å². The first-order valence-electron chi connectivity index (χ1n) is 8.36. The van der Waals surface area contributed by atoms with E-state index >= 15 is 0 Å². The third-order valence-corrected chi connectivity index (χ3v) is 4.23. The number of benzene rings is 1. The van der Waals surface area contributed by atoms with Gasteiger partial charge in [-0.25, -0.2) is 0 Å². The highest BCUT2D eigenvalue weighted by molar-refractivity contribution is 5.82. The second kappa shape index (κ2) is 8.64. The number of carbonyl (C=O) groups excluding carboxylic acids is 2. The minimum Gasteiger partial charge on any atom is -0.365 e. The number of amides is 2. The average Bonchev–Trinajstić information content (AvgIpc) is 2.61. The molecule has 5 heteroatoms. The quantitative estimate of drug-likeness (QED) is 0.747. The van der Waals surface area contributed by atoms with Crippen LogP contribution in [-0.4, -0.2) is 60.5 Å². The van der Waals surface area contributed by atoms with Crippen LogP contribution in [0.25, 0.3) is 0 Å². The highest BCUT2D eigenvalue weighted by atomic mass is 16.5. The molecule has 0 bridgehead atoms. The first-order chi connectivity index (χ1) is 11.5. The molecule has 1 heterocycles. The van der Waals surface area contributed by atoms with Crippen molar-refractivity contribution >= 4 is 11.8 Å². The fourth-order valence-electron chi connectivity index (χ4n) is 2.71. The van der Waals surface area contributed by atoms with Crippen molar-refractivity contribution in [2.75, 3.05) is 32.8 Å². The van der Waals surface area contributed by atoms with E-state index in [4.69, 9.17) is 4.74 Å². The fourth-order valence-corrected chi connectivity index (χ4v) is 2.71. The number of rotatable bonds is 6. The summed E-state index contributed by atoms with van der Waals surface area (Å²) in [5.41, 5.74) is 2.21. The number of hydrogen-bond donors (Lipinski definition) is 0. The van der Waals surface area contributed by atoms with Gasteiger partial charge in [-0.05, 0) is 19.4 Å². The predicted molar refractivity (Wildman–Crippen MR) is 93.7 cm³/mol. The van der Waals surface area contributed by atoms with Crippen LogP contribution in [0.2, 0.25) is 0 Å². The van der Waals surface area contributed by atoms with E-state index in [0.717, 1.165) is 5.56 Å². The van der Waals surface area contributed by atoms with Gasteiger partial charge in [0.2, 0.25) is 5.91 Å². The zero-order valence-corrected chi connectivity index (χ0v) is 14.5. The number of piperazine rings is 1. The second-order valence-corrected chi connectivity index (χ2v) is 6.13. The van der Waals surface area contributed by atoms with Crippen LogP contribution in [0.4, 0.5) is 0 Å². The summed E-state index contributed by atoms with van der Waals surface area (Å²) in [6.45, 7) is 9.98. The Bertz CT molecular complexity index is 575. The number of ether oxygens (including phenoxy) is 1. The molecule has 0 N–H and O–H groups in total. The molecule has 1 aromatic rings. The lowest BCUT2D eigenvalue weighted by Crippen LogP contribution is -2.53. The van der Waals surface area contributed by atoms with Crippen molar-refractivity contribution < 1.29 is 14.3 Å². The Balaban J connectivity index is 1.81. The topological polar surface area (TPSA) is 49.9 Å². The van der Waals surface area contributed by atoms with Crippen LogP contribution in [-0.2, 0) is 20.7 Å². The van der Waals surface area contributed by atoms with Crippen molar-refractivity contribution in [2.45, 2.75) is 26.4 Å². The molecular weight excluding hydrogens is 304 g/mol. The van der Waals surface area contributed by atoms with Crippen LogP contribution in [0.15, 0.2) is 36.9 Å². The van der Waals surface area contributed by atoms with Crippen molar-refractivity contribution in [3.8, 4) is 0 Å². The molecule has 0 radical (unpaired) electrons. The van der Waals surface area contributed by atoms with Crippen molar-refractivity contribution in [3.05, 3.63) is 48.0 Å². The van der Waals surface area contributed by atoms with Gasteiger partial charge in [-0.3, -0.25) is 9.59 Å². The minimum absolute atomic E-state index is 0.0255. The van der Waals surface area contributed by atoms with E-state index in [1.165, 1.54) is 5.56 Å². The molecule has 2 rings (SSSR count). The largest absolute Gasteiger partial charge is 0.365 e. The van der Waals surface area contributed by atoms with Crippen LogP contribution in [0.5, 0.6) is 0 Å². The highest BCUT2D eigenvalue weighted by Crippen LogP contribution is 2.10. The summed E-state index contributed by atoms with van der Waals surface area (Å²) in [4.78, 5) is 28.3. The van der Waals surface area contributed by atoms with E-state index in [2.05, 4.69) is 6.58 Å². The van der Waals surface area contributed by atoms with Gasteiger partial charge in [0, 0.05) is 26.2 Å². The van der Waals surface area contributed by atoms with Crippen molar-refractivity contribution in [1.82, 2.24) is 9.80 Å². The third kappa shape index (κ3) is 4.93. The SMILES string of the molecule is C=CCO[C@H](C)C(=O)N1CCN(C(=O)Cc2ccc(C)cc2)CC1. The van der Waals surface area contributed by atoms with E-state index in [-0.39, 0.29) is 11.8 Å². The highest BCUT2D eigenvalue weighted by Gasteiger charge is 2.27. The summed E-state index contributed by atoms with van der Waals surface area (Å²) in [6, 6.07) is 8.02. The molecule has 1 aliphatic heterocycles. The maximum Gasteiger partial charge on any atom is 0.251 e. The molecule has 0 aromatic heterocycles. The smallest absolute Gasteiger partial charge is 0.251 e. The summed E-state index contributed by atoms with van der Waals surface area (Å²) in [5, 5.41) is 0. The molecule has 2 amide bonds. The lowest BCUT2D eigenvalue weighted by Gasteiger charge is -2.36. The van der Waals surface area contributed by atoms with Gasteiger partial charge in [0.05, 0.1) is 13.0 Å². The summed E-state index contributed by atoms with van der Waals surface area (Å²) >= 11 is 0. The van der Waals surface area contributed by atoms with Crippen molar-refractivity contribution in [1.29, 1.82) is 0 Å². The third-order valence-electron chi connectivity index (χ3n) is 4.23. The lowest BCUT2D eigenvalue weighted by molar-refractivity contribution is -0.146. The number of nitrogens with zero attached hydrogens (tertiary/aromatic N) is 2. The Kier molecular flexibility index (Phi) is 6.55. The van der Waals surface area contributed by atoms with E-state index < -0.39 is 6.10 Å². The van der Waals surface area contributed by atoms with Crippen LogP contribution in [0, 0.1) is 6.92 Å². The molecule has 1 fully saturated rings. The summed E-state index contributed by atoms with van der Waals surface area (Å²) < 4.78 is 5.38. The summed E-state index contributed by atoms with van der Waals surface area (Å²) in [7, 11) is 0. The Morgan fingerprint density at radius 1 is 1.17 bits per heavy atom. The molecule has 130 valence electrons. The van der Waals surface area contributed by atoms with E-state index in [9.17, 15) is 9.59 Å². The molecule has 1 aromatic carbocycles. The zero-order valence-electron chi connectivity index (χ0n) is 14.5. The Morgan fingerprint density at radius 2 is 1.75 bits per heavy atom. The van der Waals surface area contributed by atoms with Gasteiger partial charge in [0.15, 0.2) is 0 Å². The van der Waals surface area contributed by atoms with Gasteiger partial charge in [-0.1, -0.05) is 35.9 Å². The molecule has 1 atom stereocenters. The monoisotopic (exact) mass is 330 g/mol. The Hall–Kier alpha value is -2.14. The molecular formula is C19H26N2O3. The minimum atomic E-state index is -0.474. The van der Waals surface area contributed by atoms with Gasteiger partial charge in [0.1, 0.15) is 6.10 Å². The number of hydrogen-bond acceptors (Lipinski definition) is 3. The first-order valence-corrected chi connectivity index (χ1v) is 8.36. The van der Waals surface area contributed by atoms with Gasteiger partial charge < -0.3 is 14.5 Å². The van der Waals surface area contributed by atoms with Gasteiger partial charge in [-0.2, -0.15) is 0 Å². The zero-order chi connectivity index (χ0) is 17.5. The lowest BCUT2D eigenvalue weighted by atomic mass is 10.1. The van der Waals surface area contributed by atoms with E-state index in [1.54, 1.807) is 17.9 Å². The Morgan fingerprint density at radius 3 is 2.33 bits per heavy atom. The molecule has 1 saturated heterocycles. The molecule has 0 saturated carbocycles. The van der Waals surface area contributed by atoms with Crippen molar-refractivity contribution in [3.63, 3.8) is 0 Å². The molecule has 5 nitrogen and oxygen atoms in total. The maximum absolute atomic E-state index is 12.4. The standard InChI is InChI=1S/C19H26N2O3/c1-4-13-24-16(3)19(23)21-11-9-20(10-12-21)18(22)14-17-7-5-15(2)6-8-17/h4-8,16H,1,9-14H2,2-3H3/t16-/m1/s1. The molecule has 0 unspecified atom stereocenters. The average molecular weight is 330 g/mol. The molecule has 24 heavy (non-hydrogen) atoms. The van der Waals surface area contributed by atoms with Crippen LogP contribution >= 0.6 is 0 Å². The van der Waals surface area contributed by atoms with Crippen LogP contribution < -0.4 is 0 Å². The van der Waals surface area contributed by atoms with Gasteiger partial charge in [-0.15, -0.1) is 6.58 Å². The van der Waals surface area contributed by atoms with Gasteiger partial charge in [0.25, 0.3) is 5.91 Å². The van der Waals surface area contributed by atoms with Crippen molar-refractivity contribution in [2.24, 2.45) is 0 Å². The summed E-state index contributed by atoms with van der Waals surface area (Å²) in [6.07, 6.45) is 1.57. The first kappa shape index (κ1) is 18.2. The predicted octanol–water partition coefficient (Wildman–Crippen LogP) is 1.80. The molecule has 0 aliphatic carbocycles. The fraction of sp³-hybridized carbons (Fsp3) is 0.474. The summed E-state index contributed by atoms with van der Waals surface area (Å²) in [5.74, 6) is 0.0874. The van der Waals surface area contributed by atoms with Crippen LogP contribution in [0.3, 0.4) is 0 Å². The van der Waals surface area contributed by atoms with Gasteiger partial charge >= 0.3 is 0 Å². The maximum atomic E-state index is 12.4.